The molecule has 2 fully saturated rings. The van der Waals surface area contributed by atoms with Gasteiger partial charge in [0.1, 0.15) is 0 Å². The van der Waals surface area contributed by atoms with Crippen LogP contribution in [-0.4, -0.2) is 53.7 Å². The van der Waals surface area contributed by atoms with Crippen LogP contribution < -0.4 is 10.2 Å². The van der Waals surface area contributed by atoms with Gasteiger partial charge in [0.2, 0.25) is 5.91 Å². The molecular weight excluding hydrogens is 352 g/mol. The first-order chi connectivity index (χ1) is 13.1. The third-order valence-corrected chi connectivity index (χ3v) is 4.93. The van der Waals surface area contributed by atoms with Crippen LogP contribution in [0.2, 0.25) is 0 Å². The Labute approximate surface area is 156 Å². The predicted octanol–water partition coefficient (Wildman–Crippen LogP) is 2.39. The van der Waals surface area contributed by atoms with Crippen molar-refractivity contribution in [3.05, 3.63) is 47.7 Å². The third kappa shape index (κ3) is 4.39. The molecule has 142 valence electrons. The summed E-state index contributed by atoms with van der Waals surface area (Å²) in [6.07, 6.45) is 2.42. The number of halogens is 2. The van der Waals surface area contributed by atoms with E-state index in [-0.39, 0.29) is 18.1 Å². The van der Waals surface area contributed by atoms with Crippen LogP contribution in [0.1, 0.15) is 24.5 Å². The van der Waals surface area contributed by atoms with Gasteiger partial charge in [0, 0.05) is 43.9 Å². The van der Waals surface area contributed by atoms with Gasteiger partial charge in [-0.1, -0.05) is 0 Å². The number of amides is 1. The van der Waals surface area contributed by atoms with E-state index in [4.69, 9.17) is 0 Å². The number of anilines is 2. The van der Waals surface area contributed by atoms with Crippen LogP contribution >= 0.6 is 0 Å². The number of hydrogen-bond donors (Lipinski definition) is 1. The van der Waals surface area contributed by atoms with E-state index in [0.29, 0.717) is 5.92 Å². The molecule has 1 saturated heterocycles. The molecule has 2 aromatic rings. The molecule has 1 aliphatic heterocycles. The smallest absolute Gasteiger partial charge is 0.238 e. The lowest BCUT2D eigenvalue weighted by atomic mass is 10.2. The predicted molar refractivity (Wildman–Crippen MR) is 97.6 cm³/mol. The summed E-state index contributed by atoms with van der Waals surface area (Å²) in [6, 6.07) is 7.40. The fourth-order valence-corrected chi connectivity index (χ4v) is 3.21. The molecule has 27 heavy (non-hydrogen) atoms. The second-order valence-corrected chi connectivity index (χ2v) is 7.03. The highest BCUT2D eigenvalue weighted by atomic mass is 19.2. The molecule has 0 unspecified atom stereocenters. The molecule has 4 rings (SSSR count). The summed E-state index contributed by atoms with van der Waals surface area (Å²) in [5.74, 6) is -0.697. The molecule has 8 heteroatoms. The lowest BCUT2D eigenvalue weighted by Crippen LogP contribution is -2.49. The zero-order chi connectivity index (χ0) is 18.8. The first kappa shape index (κ1) is 17.8. The van der Waals surface area contributed by atoms with Gasteiger partial charge in [-0.15, -0.1) is 5.10 Å². The summed E-state index contributed by atoms with van der Waals surface area (Å²) in [4.78, 5) is 16.3. The Kier molecular flexibility index (Phi) is 4.98. The molecule has 2 heterocycles. The Hall–Kier alpha value is -2.61. The van der Waals surface area contributed by atoms with Crippen molar-refractivity contribution in [3.8, 4) is 0 Å². The van der Waals surface area contributed by atoms with Gasteiger partial charge < -0.3 is 10.2 Å². The van der Waals surface area contributed by atoms with Crippen molar-refractivity contribution in [1.82, 2.24) is 15.1 Å². The fraction of sp³-hybridized carbons (Fsp3) is 0.421. The van der Waals surface area contributed by atoms with Crippen LogP contribution in [0.25, 0.3) is 0 Å². The van der Waals surface area contributed by atoms with Crippen LogP contribution in [0.5, 0.6) is 0 Å². The Morgan fingerprint density at radius 2 is 1.81 bits per heavy atom. The Balaban J connectivity index is 1.26. The molecular formula is C19H21F2N5O. The SMILES string of the molecule is O=C(CN1CCN(c2ccc(C3CC3)nn2)CC1)Nc1ccc(F)c(F)c1. The van der Waals surface area contributed by atoms with Crippen LogP contribution in [0.15, 0.2) is 30.3 Å². The summed E-state index contributed by atoms with van der Waals surface area (Å²) >= 11 is 0. The maximum atomic E-state index is 13.2. The van der Waals surface area contributed by atoms with Crippen LogP contribution in [0.3, 0.4) is 0 Å². The third-order valence-electron chi connectivity index (χ3n) is 4.93. The van der Waals surface area contributed by atoms with Gasteiger partial charge in [-0.05, 0) is 37.1 Å². The second kappa shape index (κ2) is 7.56. The maximum Gasteiger partial charge on any atom is 0.238 e. The molecule has 1 amide bonds. The summed E-state index contributed by atoms with van der Waals surface area (Å²) in [7, 11) is 0. The van der Waals surface area contributed by atoms with Crippen molar-refractivity contribution < 1.29 is 13.6 Å². The van der Waals surface area contributed by atoms with Crippen molar-refractivity contribution >= 4 is 17.4 Å². The molecule has 6 nitrogen and oxygen atoms in total. The molecule has 1 aromatic carbocycles. The number of carbonyl (C=O) groups is 1. The lowest BCUT2D eigenvalue weighted by Gasteiger charge is -2.34. The standard InChI is InChI=1S/C19H21F2N5O/c20-15-4-3-14(11-16(15)21)22-19(27)12-25-7-9-26(10-8-25)18-6-5-17(23-24-18)13-1-2-13/h3-6,11,13H,1-2,7-10,12H2,(H,22,27). The van der Waals surface area contributed by atoms with E-state index in [1.54, 1.807) is 0 Å². The average molecular weight is 373 g/mol. The summed E-state index contributed by atoms with van der Waals surface area (Å²) in [5, 5.41) is 11.2. The van der Waals surface area contributed by atoms with Gasteiger partial charge in [0.15, 0.2) is 17.5 Å². The first-order valence-corrected chi connectivity index (χ1v) is 9.14. The van der Waals surface area contributed by atoms with Crippen LogP contribution in [-0.2, 0) is 4.79 Å². The minimum Gasteiger partial charge on any atom is -0.353 e. The van der Waals surface area contributed by atoms with E-state index in [1.165, 1.54) is 18.9 Å². The number of rotatable bonds is 5. The van der Waals surface area contributed by atoms with Gasteiger partial charge >= 0.3 is 0 Å². The van der Waals surface area contributed by atoms with Crippen LogP contribution in [0, 0.1) is 11.6 Å². The van der Waals surface area contributed by atoms with Crippen molar-refractivity contribution in [3.63, 3.8) is 0 Å². The van der Waals surface area contributed by atoms with E-state index in [1.807, 2.05) is 11.0 Å². The largest absolute Gasteiger partial charge is 0.353 e. The number of piperazine rings is 1. The van der Waals surface area contributed by atoms with Gasteiger partial charge in [0.05, 0.1) is 12.2 Å². The molecule has 1 N–H and O–H groups in total. The highest BCUT2D eigenvalue weighted by Gasteiger charge is 2.26. The molecule has 0 radical (unpaired) electrons. The minimum absolute atomic E-state index is 0.207. The van der Waals surface area contributed by atoms with Crippen molar-refractivity contribution in [2.24, 2.45) is 0 Å². The zero-order valence-corrected chi connectivity index (χ0v) is 14.9. The van der Waals surface area contributed by atoms with Gasteiger partial charge in [-0.3, -0.25) is 9.69 Å². The van der Waals surface area contributed by atoms with E-state index >= 15 is 0 Å². The number of nitrogens with zero attached hydrogens (tertiary/aromatic N) is 4. The molecule has 2 aliphatic rings. The topological polar surface area (TPSA) is 61.4 Å². The fourth-order valence-electron chi connectivity index (χ4n) is 3.21. The normalized spacial score (nSPS) is 17.8. The van der Waals surface area contributed by atoms with Gasteiger partial charge in [-0.2, -0.15) is 5.10 Å². The number of carbonyl (C=O) groups excluding carboxylic acids is 1. The van der Waals surface area contributed by atoms with E-state index in [2.05, 4.69) is 26.5 Å². The number of nitrogens with one attached hydrogen (secondary N) is 1. The summed E-state index contributed by atoms with van der Waals surface area (Å²) in [6.45, 7) is 3.17. The Bertz CT molecular complexity index is 817. The lowest BCUT2D eigenvalue weighted by molar-refractivity contribution is -0.117. The van der Waals surface area contributed by atoms with Crippen LogP contribution in [0.4, 0.5) is 20.3 Å². The number of benzene rings is 1. The van der Waals surface area contributed by atoms with Gasteiger partial charge in [-0.25, -0.2) is 8.78 Å². The van der Waals surface area contributed by atoms with E-state index < -0.39 is 11.6 Å². The quantitative estimate of drug-likeness (QED) is 0.872. The molecule has 1 saturated carbocycles. The van der Waals surface area contributed by atoms with E-state index in [0.717, 1.165) is 49.8 Å². The van der Waals surface area contributed by atoms with Crippen molar-refractivity contribution in [2.75, 3.05) is 42.9 Å². The summed E-state index contributed by atoms with van der Waals surface area (Å²) < 4.78 is 26.2. The highest BCUT2D eigenvalue weighted by molar-refractivity contribution is 5.92. The minimum atomic E-state index is -0.977. The zero-order valence-electron chi connectivity index (χ0n) is 14.9. The van der Waals surface area contributed by atoms with E-state index in [9.17, 15) is 13.6 Å². The molecule has 0 atom stereocenters. The second-order valence-electron chi connectivity index (χ2n) is 7.03. The molecule has 1 aromatic heterocycles. The average Bonchev–Trinajstić information content (AvgIpc) is 3.51. The van der Waals surface area contributed by atoms with Crippen molar-refractivity contribution in [1.29, 1.82) is 0 Å². The number of aromatic nitrogens is 2. The van der Waals surface area contributed by atoms with Gasteiger partial charge in [0.25, 0.3) is 0 Å². The molecule has 0 spiro atoms. The monoisotopic (exact) mass is 373 g/mol. The molecule has 0 bridgehead atoms. The van der Waals surface area contributed by atoms with Crippen molar-refractivity contribution in [2.45, 2.75) is 18.8 Å². The number of hydrogen-bond acceptors (Lipinski definition) is 5. The Morgan fingerprint density at radius 3 is 2.44 bits per heavy atom. The summed E-state index contributed by atoms with van der Waals surface area (Å²) in [5.41, 5.74) is 1.33. The molecule has 1 aliphatic carbocycles. The first-order valence-electron chi connectivity index (χ1n) is 9.14. The Morgan fingerprint density at radius 1 is 1.04 bits per heavy atom. The maximum absolute atomic E-state index is 13.2. The highest BCUT2D eigenvalue weighted by Crippen LogP contribution is 2.38.